The Morgan fingerprint density at radius 3 is 2.38 bits per heavy atom. The van der Waals surface area contributed by atoms with Crippen LogP contribution in [-0.4, -0.2) is 50.5 Å². The predicted octanol–water partition coefficient (Wildman–Crippen LogP) is 1.67. The third kappa shape index (κ3) is 3.82. The number of sulfonamides is 1. The molecule has 0 amide bonds. The van der Waals surface area contributed by atoms with E-state index in [1.807, 2.05) is 0 Å². The van der Waals surface area contributed by atoms with Gasteiger partial charge in [-0.15, -0.1) is 0 Å². The second-order valence-electron chi connectivity index (χ2n) is 5.25. The number of aromatic nitrogens is 2. The highest BCUT2D eigenvalue weighted by Gasteiger charge is 2.25. The van der Waals surface area contributed by atoms with Gasteiger partial charge in [-0.1, -0.05) is 0 Å². The Morgan fingerprint density at radius 1 is 1.12 bits per heavy atom. The first-order chi connectivity index (χ1) is 11.4. The molecule has 0 N–H and O–H groups in total. The van der Waals surface area contributed by atoms with Crippen LogP contribution in [0.2, 0.25) is 0 Å². The number of methoxy groups -OCH3 is 2. The number of ether oxygens (including phenoxy) is 2. The highest BCUT2D eigenvalue weighted by molar-refractivity contribution is 7.89. The summed E-state index contributed by atoms with van der Waals surface area (Å²) in [5, 5.41) is 0. The Balaban J connectivity index is 2.25. The number of aryl methyl sites for hydroxylation is 1. The van der Waals surface area contributed by atoms with E-state index in [4.69, 9.17) is 9.47 Å². The maximum atomic E-state index is 12.8. The van der Waals surface area contributed by atoms with Crippen molar-refractivity contribution < 1.29 is 17.9 Å². The zero-order valence-corrected chi connectivity index (χ0v) is 15.0. The molecule has 1 aromatic heterocycles. The first kappa shape index (κ1) is 18.2. The number of rotatable bonds is 7. The van der Waals surface area contributed by atoms with Crippen LogP contribution in [0, 0.1) is 6.92 Å². The Hall–Kier alpha value is -2.19. The van der Waals surface area contributed by atoms with Gasteiger partial charge in [0.15, 0.2) is 11.5 Å². The molecule has 2 aromatic rings. The smallest absolute Gasteiger partial charge is 0.243 e. The summed E-state index contributed by atoms with van der Waals surface area (Å²) in [6.45, 7) is 2.03. The van der Waals surface area contributed by atoms with Gasteiger partial charge in [0, 0.05) is 44.7 Å². The fourth-order valence-corrected chi connectivity index (χ4v) is 3.65. The Morgan fingerprint density at radius 2 is 1.79 bits per heavy atom. The Bertz CT molecular complexity index is 794. The summed E-state index contributed by atoms with van der Waals surface area (Å²) in [6, 6.07) is 3.14. The molecular weight excluding hydrogens is 330 g/mol. The fourth-order valence-electron chi connectivity index (χ4n) is 2.26. The van der Waals surface area contributed by atoms with E-state index in [9.17, 15) is 8.42 Å². The molecule has 0 aliphatic rings. The lowest BCUT2D eigenvalue weighted by atomic mass is 10.2. The van der Waals surface area contributed by atoms with Crippen LogP contribution in [0.4, 0.5) is 0 Å². The highest BCUT2D eigenvalue weighted by atomic mass is 32.2. The summed E-state index contributed by atoms with van der Waals surface area (Å²) in [5.41, 5.74) is 1.34. The molecule has 0 fully saturated rings. The van der Waals surface area contributed by atoms with Gasteiger partial charge in [-0.3, -0.25) is 9.97 Å². The molecule has 0 aliphatic carbocycles. The van der Waals surface area contributed by atoms with E-state index in [1.165, 1.54) is 24.6 Å². The van der Waals surface area contributed by atoms with Crippen LogP contribution >= 0.6 is 0 Å². The molecule has 1 aromatic carbocycles. The van der Waals surface area contributed by atoms with E-state index in [0.717, 1.165) is 5.69 Å². The molecule has 7 nitrogen and oxygen atoms in total. The topological polar surface area (TPSA) is 81.6 Å². The zero-order chi connectivity index (χ0) is 17.7. The van der Waals surface area contributed by atoms with Crippen LogP contribution in [0.1, 0.15) is 11.3 Å². The van der Waals surface area contributed by atoms with Crippen LogP contribution in [0.3, 0.4) is 0 Å². The summed E-state index contributed by atoms with van der Waals surface area (Å²) in [6.07, 6.45) is 5.28. The standard InChI is InChI=1S/C16H21N3O4S/c1-12-9-14(22-3)15(23-4)10-16(12)24(20,21)19(2)8-5-13-11-17-6-7-18-13/h6-7,9-11H,5,8H2,1-4H3. The number of likely N-dealkylation sites (N-methyl/N-ethyl adjacent to an activating group) is 1. The minimum atomic E-state index is -3.65. The summed E-state index contributed by atoms with van der Waals surface area (Å²) >= 11 is 0. The molecule has 0 saturated carbocycles. The second-order valence-corrected chi connectivity index (χ2v) is 7.26. The molecule has 0 unspecified atom stereocenters. The molecule has 0 saturated heterocycles. The molecule has 1 heterocycles. The molecule has 8 heteroatoms. The van der Waals surface area contributed by atoms with Crippen LogP contribution in [-0.2, 0) is 16.4 Å². The molecule has 24 heavy (non-hydrogen) atoms. The van der Waals surface area contributed by atoms with Gasteiger partial charge in [-0.05, 0) is 18.6 Å². The van der Waals surface area contributed by atoms with E-state index in [2.05, 4.69) is 9.97 Å². The molecule has 2 rings (SSSR count). The molecule has 0 aliphatic heterocycles. The maximum absolute atomic E-state index is 12.8. The van der Waals surface area contributed by atoms with Gasteiger partial charge in [-0.2, -0.15) is 0 Å². The average molecular weight is 351 g/mol. The van der Waals surface area contributed by atoms with Crippen molar-refractivity contribution in [1.29, 1.82) is 0 Å². The summed E-state index contributed by atoms with van der Waals surface area (Å²) in [4.78, 5) is 8.33. The third-order valence-corrected chi connectivity index (χ3v) is 5.67. The van der Waals surface area contributed by atoms with Crippen molar-refractivity contribution in [3.05, 3.63) is 42.0 Å². The lowest BCUT2D eigenvalue weighted by molar-refractivity contribution is 0.353. The number of benzene rings is 1. The van der Waals surface area contributed by atoms with Crippen molar-refractivity contribution in [3.63, 3.8) is 0 Å². The molecular formula is C16H21N3O4S. The Kier molecular flexibility index (Phi) is 5.74. The van der Waals surface area contributed by atoms with Gasteiger partial charge in [-0.25, -0.2) is 12.7 Å². The van der Waals surface area contributed by atoms with Crippen molar-refractivity contribution in [1.82, 2.24) is 14.3 Å². The van der Waals surface area contributed by atoms with Crippen LogP contribution < -0.4 is 9.47 Å². The van der Waals surface area contributed by atoms with E-state index < -0.39 is 10.0 Å². The Labute approximate surface area is 142 Å². The van der Waals surface area contributed by atoms with E-state index >= 15 is 0 Å². The minimum absolute atomic E-state index is 0.196. The molecule has 130 valence electrons. The summed E-state index contributed by atoms with van der Waals surface area (Å²) < 4.78 is 37.4. The molecule has 0 radical (unpaired) electrons. The van der Waals surface area contributed by atoms with Crippen molar-refractivity contribution in [2.45, 2.75) is 18.2 Å². The molecule has 0 bridgehead atoms. The van der Waals surface area contributed by atoms with Gasteiger partial charge in [0.2, 0.25) is 10.0 Å². The van der Waals surface area contributed by atoms with Gasteiger partial charge < -0.3 is 9.47 Å². The lowest BCUT2D eigenvalue weighted by Gasteiger charge is -2.19. The van der Waals surface area contributed by atoms with Gasteiger partial charge in [0.1, 0.15) is 0 Å². The molecule has 0 spiro atoms. The predicted molar refractivity (Wildman–Crippen MR) is 89.8 cm³/mol. The molecule has 0 atom stereocenters. The highest BCUT2D eigenvalue weighted by Crippen LogP contribution is 2.33. The van der Waals surface area contributed by atoms with Crippen molar-refractivity contribution in [3.8, 4) is 11.5 Å². The normalized spacial score (nSPS) is 11.5. The summed E-state index contributed by atoms with van der Waals surface area (Å²) in [5.74, 6) is 0.875. The zero-order valence-electron chi connectivity index (χ0n) is 14.2. The van der Waals surface area contributed by atoms with Gasteiger partial charge >= 0.3 is 0 Å². The van der Waals surface area contributed by atoms with E-state index in [0.29, 0.717) is 30.0 Å². The van der Waals surface area contributed by atoms with E-state index in [-0.39, 0.29) is 4.90 Å². The summed E-state index contributed by atoms with van der Waals surface area (Å²) in [7, 11) is 0.882. The fraction of sp³-hybridized carbons (Fsp3) is 0.375. The second kappa shape index (κ2) is 7.59. The minimum Gasteiger partial charge on any atom is -0.493 e. The van der Waals surface area contributed by atoms with Gasteiger partial charge in [0.25, 0.3) is 0 Å². The quantitative estimate of drug-likeness (QED) is 0.755. The first-order valence-corrected chi connectivity index (χ1v) is 8.78. The average Bonchev–Trinajstić information content (AvgIpc) is 2.59. The number of hydrogen-bond donors (Lipinski definition) is 0. The number of nitrogens with zero attached hydrogens (tertiary/aromatic N) is 3. The monoisotopic (exact) mass is 351 g/mol. The first-order valence-electron chi connectivity index (χ1n) is 7.34. The van der Waals surface area contributed by atoms with Crippen molar-refractivity contribution >= 4 is 10.0 Å². The SMILES string of the molecule is COc1cc(C)c(S(=O)(=O)N(C)CCc2cnccn2)cc1OC. The van der Waals surface area contributed by atoms with Gasteiger partial charge in [0.05, 0.1) is 24.8 Å². The van der Waals surface area contributed by atoms with Crippen LogP contribution in [0.25, 0.3) is 0 Å². The lowest BCUT2D eigenvalue weighted by Crippen LogP contribution is -2.29. The third-order valence-electron chi connectivity index (χ3n) is 3.67. The van der Waals surface area contributed by atoms with E-state index in [1.54, 1.807) is 38.6 Å². The van der Waals surface area contributed by atoms with Crippen LogP contribution in [0.5, 0.6) is 11.5 Å². The van der Waals surface area contributed by atoms with Crippen molar-refractivity contribution in [2.24, 2.45) is 0 Å². The maximum Gasteiger partial charge on any atom is 0.243 e. The van der Waals surface area contributed by atoms with Crippen LogP contribution in [0.15, 0.2) is 35.6 Å². The number of hydrogen-bond acceptors (Lipinski definition) is 6. The largest absolute Gasteiger partial charge is 0.493 e. The van der Waals surface area contributed by atoms with Crippen molar-refractivity contribution in [2.75, 3.05) is 27.8 Å².